The number of methoxy groups -OCH3 is 1. The molecule has 0 aliphatic heterocycles. The molecule has 0 aromatic heterocycles. The van der Waals surface area contributed by atoms with E-state index >= 15 is 0 Å². The van der Waals surface area contributed by atoms with Gasteiger partial charge in [0, 0.05) is 18.6 Å². The molecule has 144 valence electrons. The lowest BCUT2D eigenvalue weighted by Gasteiger charge is -2.12. The molecule has 0 radical (unpaired) electrons. The lowest BCUT2D eigenvalue weighted by atomic mass is 10.2. The first-order chi connectivity index (χ1) is 12.2. The highest BCUT2D eigenvalue weighted by molar-refractivity contribution is 7.92. The van der Waals surface area contributed by atoms with E-state index < -0.39 is 35.1 Å². The molecule has 0 aliphatic carbocycles. The SMILES string of the molecule is COCC(C)NC(=O)COC(=O)CNS(=O)(=O)C=Cc1ccc(C)cc1. The maximum absolute atomic E-state index is 11.8. The zero-order valence-electron chi connectivity index (χ0n) is 15.0. The monoisotopic (exact) mass is 384 g/mol. The first-order valence-electron chi connectivity index (χ1n) is 7.90. The molecule has 26 heavy (non-hydrogen) atoms. The van der Waals surface area contributed by atoms with Gasteiger partial charge in [0.2, 0.25) is 10.0 Å². The van der Waals surface area contributed by atoms with Crippen LogP contribution in [0.5, 0.6) is 0 Å². The van der Waals surface area contributed by atoms with Gasteiger partial charge in [-0.1, -0.05) is 29.8 Å². The van der Waals surface area contributed by atoms with Crippen LogP contribution in [0.2, 0.25) is 0 Å². The molecule has 0 fully saturated rings. The molecular weight excluding hydrogens is 360 g/mol. The van der Waals surface area contributed by atoms with Crippen molar-refractivity contribution < 1.29 is 27.5 Å². The van der Waals surface area contributed by atoms with Crippen LogP contribution in [-0.4, -0.2) is 53.2 Å². The summed E-state index contributed by atoms with van der Waals surface area (Å²) in [6.07, 6.45) is 1.41. The number of rotatable bonds is 10. The van der Waals surface area contributed by atoms with Crippen molar-refractivity contribution in [1.29, 1.82) is 0 Å². The van der Waals surface area contributed by atoms with Crippen LogP contribution in [0, 0.1) is 6.92 Å². The molecule has 1 atom stereocenters. The fourth-order valence-corrected chi connectivity index (χ4v) is 2.61. The summed E-state index contributed by atoms with van der Waals surface area (Å²) in [5, 5.41) is 3.52. The Morgan fingerprint density at radius 2 is 1.88 bits per heavy atom. The first kappa shape index (κ1) is 21.8. The van der Waals surface area contributed by atoms with E-state index in [9.17, 15) is 18.0 Å². The molecule has 0 saturated heterocycles. The summed E-state index contributed by atoms with van der Waals surface area (Å²) in [7, 11) is -2.30. The van der Waals surface area contributed by atoms with Crippen molar-refractivity contribution in [2.75, 3.05) is 26.9 Å². The number of carbonyl (C=O) groups is 2. The lowest BCUT2D eigenvalue weighted by molar-refractivity contribution is -0.147. The molecule has 0 heterocycles. The van der Waals surface area contributed by atoms with Crippen LogP contribution >= 0.6 is 0 Å². The molecule has 0 spiro atoms. The molecule has 1 aromatic carbocycles. The second-order valence-corrected chi connectivity index (χ2v) is 7.32. The number of hydrogen-bond acceptors (Lipinski definition) is 6. The van der Waals surface area contributed by atoms with Crippen molar-refractivity contribution in [3.8, 4) is 0 Å². The van der Waals surface area contributed by atoms with E-state index in [-0.39, 0.29) is 6.04 Å². The Balaban J connectivity index is 2.38. The zero-order chi connectivity index (χ0) is 19.6. The van der Waals surface area contributed by atoms with E-state index in [0.29, 0.717) is 12.2 Å². The molecule has 2 N–H and O–H groups in total. The summed E-state index contributed by atoms with van der Waals surface area (Å²) >= 11 is 0. The number of hydrogen-bond donors (Lipinski definition) is 2. The first-order valence-corrected chi connectivity index (χ1v) is 9.45. The summed E-state index contributed by atoms with van der Waals surface area (Å²) in [4.78, 5) is 23.1. The minimum absolute atomic E-state index is 0.225. The maximum atomic E-state index is 11.8. The van der Waals surface area contributed by atoms with E-state index in [1.54, 1.807) is 19.1 Å². The molecule has 8 nitrogen and oxygen atoms in total. The average Bonchev–Trinajstić information content (AvgIpc) is 2.58. The van der Waals surface area contributed by atoms with Gasteiger partial charge in [0.1, 0.15) is 6.54 Å². The van der Waals surface area contributed by atoms with Gasteiger partial charge in [-0.05, 0) is 25.5 Å². The van der Waals surface area contributed by atoms with Crippen LogP contribution in [0.25, 0.3) is 6.08 Å². The Morgan fingerprint density at radius 1 is 1.23 bits per heavy atom. The molecule has 1 unspecified atom stereocenters. The second-order valence-electron chi connectivity index (χ2n) is 5.66. The predicted octanol–water partition coefficient (Wildman–Crippen LogP) is 0.579. The highest BCUT2D eigenvalue weighted by Crippen LogP contribution is 2.05. The molecule has 0 aliphatic rings. The summed E-state index contributed by atoms with van der Waals surface area (Å²) in [5.41, 5.74) is 1.77. The van der Waals surface area contributed by atoms with E-state index in [4.69, 9.17) is 9.47 Å². The minimum atomic E-state index is -3.80. The molecule has 1 amide bonds. The number of benzene rings is 1. The summed E-state index contributed by atoms with van der Waals surface area (Å²) in [6, 6.07) is 7.04. The average molecular weight is 384 g/mol. The standard InChI is InChI=1S/C17H24N2O6S/c1-13-4-6-15(7-5-13)8-9-26(22,23)18-10-17(21)25-12-16(20)19-14(2)11-24-3/h4-9,14,18H,10-12H2,1-3H3,(H,19,20). The van der Waals surface area contributed by atoms with Crippen LogP contribution in [0.1, 0.15) is 18.1 Å². The number of nitrogens with one attached hydrogen (secondary N) is 2. The van der Waals surface area contributed by atoms with Gasteiger partial charge in [-0.3, -0.25) is 9.59 Å². The third kappa shape index (κ3) is 9.30. The minimum Gasteiger partial charge on any atom is -0.455 e. The van der Waals surface area contributed by atoms with Gasteiger partial charge in [0.05, 0.1) is 6.61 Å². The van der Waals surface area contributed by atoms with Gasteiger partial charge < -0.3 is 14.8 Å². The summed E-state index contributed by atoms with van der Waals surface area (Å²) in [6.45, 7) is 2.93. The van der Waals surface area contributed by atoms with Crippen LogP contribution in [-0.2, 0) is 29.1 Å². The van der Waals surface area contributed by atoms with Crippen molar-refractivity contribution in [2.24, 2.45) is 0 Å². The Kier molecular flexibility index (Phi) is 8.97. The molecule has 0 bridgehead atoms. The highest BCUT2D eigenvalue weighted by Gasteiger charge is 2.13. The Hall–Kier alpha value is -2.23. The highest BCUT2D eigenvalue weighted by atomic mass is 32.2. The Bertz CT molecular complexity index is 728. The largest absolute Gasteiger partial charge is 0.455 e. The fraction of sp³-hybridized carbons (Fsp3) is 0.412. The second kappa shape index (κ2) is 10.7. The van der Waals surface area contributed by atoms with Gasteiger partial charge in [-0.25, -0.2) is 13.1 Å². The summed E-state index contributed by atoms with van der Waals surface area (Å²) < 4.78 is 35.3. The molecule has 1 rings (SSSR count). The van der Waals surface area contributed by atoms with Gasteiger partial charge in [-0.15, -0.1) is 0 Å². The number of ether oxygens (including phenoxy) is 2. The van der Waals surface area contributed by atoms with Crippen molar-refractivity contribution >= 4 is 28.0 Å². The van der Waals surface area contributed by atoms with Gasteiger partial charge in [0.25, 0.3) is 5.91 Å². The number of amides is 1. The van der Waals surface area contributed by atoms with Gasteiger partial charge in [-0.2, -0.15) is 0 Å². The number of aryl methyl sites for hydroxylation is 1. The van der Waals surface area contributed by atoms with E-state index in [1.165, 1.54) is 13.2 Å². The summed E-state index contributed by atoms with van der Waals surface area (Å²) in [5.74, 6) is -1.35. The van der Waals surface area contributed by atoms with Crippen LogP contribution in [0.4, 0.5) is 0 Å². The van der Waals surface area contributed by atoms with Gasteiger partial charge >= 0.3 is 5.97 Å². The lowest BCUT2D eigenvalue weighted by Crippen LogP contribution is -2.39. The maximum Gasteiger partial charge on any atom is 0.321 e. The van der Waals surface area contributed by atoms with Crippen molar-refractivity contribution in [3.05, 3.63) is 40.8 Å². The topological polar surface area (TPSA) is 111 Å². The molecule has 0 saturated carbocycles. The van der Waals surface area contributed by atoms with E-state index in [2.05, 4.69) is 10.0 Å². The quantitative estimate of drug-likeness (QED) is 0.571. The van der Waals surface area contributed by atoms with Gasteiger partial charge in [0.15, 0.2) is 6.61 Å². The Morgan fingerprint density at radius 3 is 2.50 bits per heavy atom. The predicted molar refractivity (Wildman–Crippen MR) is 97.6 cm³/mol. The molecular formula is C17H24N2O6S. The van der Waals surface area contributed by atoms with Crippen LogP contribution in [0.15, 0.2) is 29.7 Å². The Labute approximate surface area is 153 Å². The van der Waals surface area contributed by atoms with Crippen LogP contribution < -0.4 is 10.0 Å². The third-order valence-electron chi connectivity index (χ3n) is 3.12. The zero-order valence-corrected chi connectivity index (χ0v) is 15.8. The van der Waals surface area contributed by atoms with E-state index in [0.717, 1.165) is 11.0 Å². The number of sulfonamides is 1. The van der Waals surface area contributed by atoms with E-state index in [1.807, 2.05) is 19.1 Å². The molecule has 1 aromatic rings. The number of esters is 1. The van der Waals surface area contributed by atoms with Crippen molar-refractivity contribution in [3.63, 3.8) is 0 Å². The third-order valence-corrected chi connectivity index (χ3v) is 4.16. The normalized spacial score (nSPS) is 12.7. The fourth-order valence-electron chi connectivity index (χ4n) is 1.86. The molecule has 9 heteroatoms. The van der Waals surface area contributed by atoms with Crippen LogP contribution in [0.3, 0.4) is 0 Å². The smallest absolute Gasteiger partial charge is 0.321 e. The number of carbonyl (C=O) groups excluding carboxylic acids is 2. The van der Waals surface area contributed by atoms with Crippen molar-refractivity contribution in [2.45, 2.75) is 19.9 Å². The van der Waals surface area contributed by atoms with Crippen molar-refractivity contribution in [1.82, 2.24) is 10.0 Å².